The number of halogens is 3. The van der Waals surface area contributed by atoms with E-state index in [2.05, 4.69) is 10.9 Å². The first kappa shape index (κ1) is 20.1. The van der Waals surface area contributed by atoms with Crippen LogP contribution in [0.5, 0.6) is 0 Å². The van der Waals surface area contributed by atoms with Crippen molar-refractivity contribution >= 4 is 11.8 Å². The van der Waals surface area contributed by atoms with Crippen molar-refractivity contribution in [1.82, 2.24) is 10.9 Å². The molecule has 4 nitrogen and oxygen atoms in total. The van der Waals surface area contributed by atoms with Crippen LogP contribution in [0.15, 0.2) is 72.8 Å². The van der Waals surface area contributed by atoms with Crippen LogP contribution < -0.4 is 10.9 Å². The van der Waals surface area contributed by atoms with Crippen LogP contribution in [0.25, 0.3) is 11.1 Å². The molecule has 0 spiro atoms. The van der Waals surface area contributed by atoms with E-state index in [0.717, 1.165) is 17.7 Å². The summed E-state index contributed by atoms with van der Waals surface area (Å²) in [6.07, 6.45) is -4.44. The molecule has 3 aromatic rings. The molecule has 7 heteroatoms. The molecule has 0 heterocycles. The van der Waals surface area contributed by atoms with Gasteiger partial charge in [0.15, 0.2) is 0 Å². The van der Waals surface area contributed by atoms with E-state index >= 15 is 0 Å². The number of hydrogen-bond donors (Lipinski definition) is 2. The first-order chi connectivity index (χ1) is 13.8. The number of rotatable bonds is 3. The molecule has 0 saturated heterocycles. The highest BCUT2D eigenvalue weighted by molar-refractivity contribution is 6.03. The lowest BCUT2D eigenvalue weighted by molar-refractivity contribution is -0.137. The first-order valence-electron chi connectivity index (χ1n) is 8.70. The zero-order chi connectivity index (χ0) is 21.0. The number of hydrogen-bond acceptors (Lipinski definition) is 2. The number of carbonyl (C=O) groups is 2. The number of alkyl halides is 3. The van der Waals surface area contributed by atoms with Gasteiger partial charge < -0.3 is 0 Å². The molecule has 0 fully saturated rings. The molecule has 3 aromatic carbocycles. The monoisotopic (exact) mass is 398 g/mol. The van der Waals surface area contributed by atoms with Gasteiger partial charge in [-0.25, -0.2) is 0 Å². The quantitative estimate of drug-likeness (QED) is 0.626. The highest BCUT2D eigenvalue weighted by Gasteiger charge is 2.30. The van der Waals surface area contributed by atoms with Gasteiger partial charge in [0.05, 0.1) is 5.56 Å². The molecule has 0 bridgehead atoms. The molecule has 148 valence electrons. The topological polar surface area (TPSA) is 58.2 Å². The lowest BCUT2D eigenvalue weighted by Crippen LogP contribution is -2.42. The van der Waals surface area contributed by atoms with E-state index in [1.54, 1.807) is 49.4 Å². The Morgan fingerprint density at radius 3 is 1.83 bits per heavy atom. The smallest absolute Gasteiger partial charge is 0.267 e. The second-order valence-electron chi connectivity index (χ2n) is 6.34. The fourth-order valence-corrected chi connectivity index (χ4v) is 2.85. The minimum atomic E-state index is -4.44. The summed E-state index contributed by atoms with van der Waals surface area (Å²) in [4.78, 5) is 24.8. The van der Waals surface area contributed by atoms with Crippen molar-refractivity contribution in [3.8, 4) is 11.1 Å². The standard InChI is InChI=1S/C22H17F3N2O2/c1-14-6-2-3-7-17(14)20(28)26-27-21(29)19-9-5-4-8-18(19)15-10-12-16(13-11-15)22(23,24)25/h2-13H,1H3,(H,26,28)(H,27,29). The van der Waals surface area contributed by atoms with Crippen LogP contribution in [0.3, 0.4) is 0 Å². The van der Waals surface area contributed by atoms with Gasteiger partial charge in [0, 0.05) is 11.1 Å². The zero-order valence-electron chi connectivity index (χ0n) is 15.4. The fourth-order valence-electron chi connectivity index (χ4n) is 2.85. The summed E-state index contributed by atoms with van der Waals surface area (Å²) in [5, 5.41) is 0. The average molecular weight is 398 g/mol. The van der Waals surface area contributed by atoms with Gasteiger partial charge in [-0.2, -0.15) is 13.2 Å². The number of hydrazine groups is 1. The Morgan fingerprint density at radius 1 is 0.724 bits per heavy atom. The van der Waals surface area contributed by atoms with Gasteiger partial charge in [-0.3, -0.25) is 20.4 Å². The molecule has 0 aromatic heterocycles. The summed E-state index contributed by atoms with van der Waals surface area (Å²) in [6, 6.07) is 17.9. The molecule has 0 atom stereocenters. The van der Waals surface area contributed by atoms with E-state index < -0.39 is 23.6 Å². The second kappa shape index (κ2) is 8.18. The maximum absolute atomic E-state index is 12.8. The zero-order valence-corrected chi connectivity index (χ0v) is 15.4. The van der Waals surface area contributed by atoms with Crippen LogP contribution in [0.2, 0.25) is 0 Å². The minimum Gasteiger partial charge on any atom is -0.267 e. The highest BCUT2D eigenvalue weighted by atomic mass is 19.4. The summed E-state index contributed by atoms with van der Waals surface area (Å²) in [6.45, 7) is 1.77. The first-order valence-corrected chi connectivity index (χ1v) is 8.70. The van der Waals surface area contributed by atoms with Crippen LogP contribution in [0.1, 0.15) is 31.8 Å². The molecule has 29 heavy (non-hydrogen) atoms. The number of benzene rings is 3. The molecule has 0 aliphatic rings. The van der Waals surface area contributed by atoms with Crippen molar-refractivity contribution in [3.63, 3.8) is 0 Å². The summed E-state index contributed by atoms with van der Waals surface area (Å²) < 4.78 is 38.3. The molecular weight excluding hydrogens is 381 g/mol. The van der Waals surface area contributed by atoms with E-state index in [1.165, 1.54) is 18.2 Å². The van der Waals surface area contributed by atoms with Crippen LogP contribution >= 0.6 is 0 Å². The number of aryl methyl sites for hydroxylation is 1. The molecule has 0 saturated carbocycles. The molecule has 0 aliphatic heterocycles. The van der Waals surface area contributed by atoms with Gasteiger partial charge in [-0.05, 0) is 47.9 Å². The molecular formula is C22H17F3N2O2. The summed E-state index contributed by atoms with van der Waals surface area (Å²) >= 11 is 0. The van der Waals surface area contributed by atoms with Crippen LogP contribution in [-0.2, 0) is 6.18 Å². The van der Waals surface area contributed by atoms with Gasteiger partial charge in [-0.15, -0.1) is 0 Å². The molecule has 0 radical (unpaired) electrons. The Bertz CT molecular complexity index is 1040. The average Bonchev–Trinajstić information content (AvgIpc) is 2.71. The SMILES string of the molecule is Cc1ccccc1C(=O)NNC(=O)c1ccccc1-c1ccc(C(F)(F)F)cc1. The second-order valence-corrected chi connectivity index (χ2v) is 6.34. The summed E-state index contributed by atoms with van der Waals surface area (Å²) in [5.74, 6) is -1.05. The van der Waals surface area contributed by atoms with Crippen molar-refractivity contribution in [2.45, 2.75) is 13.1 Å². The van der Waals surface area contributed by atoms with Crippen molar-refractivity contribution in [3.05, 3.63) is 95.1 Å². The van der Waals surface area contributed by atoms with Crippen molar-refractivity contribution in [2.24, 2.45) is 0 Å². The third kappa shape index (κ3) is 4.63. The normalized spacial score (nSPS) is 11.0. The third-order valence-corrected chi connectivity index (χ3v) is 4.37. The van der Waals surface area contributed by atoms with Crippen molar-refractivity contribution in [2.75, 3.05) is 0 Å². The van der Waals surface area contributed by atoms with E-state index in [-0.39, 0.29) is 5.56 Å². The molecule has 2 amide bonds. The maximum Gasteiger partial charge on any atom is 0.416 e. The largest absolute Gasteiger partial charge is 0.416 e. The van der Waals surface area contributed by atoms with Gasteiger partial charge >= 0.3 is 6.18 Å². The van der Waals surface area contributed by atoms with Gasteiger partial charge in [0.2, 0.25) is 0 Å². The lowest BCUT2D eigenvalue weighted by atomic mass is 9.98. The van der Waals surface area contributed by atoms with E-state index in [1.807, 2.05) is 0 Å². The fraction of sp³-hybridized carbons (Fsp3) is 0.0909. The minimum absolute atomic E-state index is 0.220. The van der Waals surface area contributed by atoms with Gasteiger partial charge in [0.25, 0.3) is 11.8 Å². The van der Waals surface area contributed by atoms with E-state index in [0.29, 0.717) is 16.7 Å². The predicted molar refractivity (Wildman–Crippen MR) is 103 cm³/mol. The Kier molecular flexibility index (Phi) is 5.68. The predicted octanol–water partition coefficient (Wildman–Crippen LogP) is 4.76. The van der Waals surface area contributed by atoms with Crippen LogP contribution in [0.4, 0.5) is 13.2 Å². The summed E-state index contributed by atoms with van der Waals surface area (Å²) in [7, 11) is 0. The summed E-state index contributed by atoms with van der Waals surface area (Å²) in [5.41, 5.74) is 6.24. The Morgan fingerprint density at radius 2 is 1.24 bits per heavy atom. The highest BCUT2D eigenvalue weighted by Crippen LogP contribution is 2.31. The molecule has 2 N–H and O–H groups in total. The molecule has 3 rings (SSSR count). The maximum atomic E-state index is 12.8. The number of carbonyl (C=O) groups excluding carboxylic acids is 2. The molecule has 0 aliphatic carbocycles. The number of nitrogens with one attached hydrogen (secondary N) is 2. The van der Waals surface area contributed by atoms with E-state index in [9.17, 15) is 22.8 Å². The van der Waals surface area contributed by atoms with Crippen molar-refractivity contribution in [1.29, 1.82) is 0 Å². The number of amides is 2. The Labute approximate surface area is 165 Å². The van der Waals surface area contributed by atoms with Gasteiger partial charge in [0.1, 0.15) is 0 Å². The lowest BCUT2D eigenvalue weighted by Gasteiger charge is -2.13. The van der Waals surface area contributed by atoms with Crippen molar-refractivity contribution < 1.29 is 22.8 Å². The van der Waals surface area contributed by atoms with Crippen LogP contribution in [0, 0.1) is 6.92 Å². The Hall–Kier alpha value is -3.61. The van der Waals surface area contributed by atoms with Gasteiger partial charge in [-0.1, -0.05) is 48.5 Å². The molecule has 0 unspecified atom stereocenters. The van der Waals surface area contributed by atoms with E-state index in [4.69, 9.17) is 0 Å². The third-order valence-electron chi connectivity index (χ3n) is 4.37. The Balaban J connectivity index is 1.79. The van der Waals surface area contributed by atoms with Crippen LogP contribution in [-0.4, -0.2) is 11.8 Å².